The van der Waals surface area contributed by atoms with Crippen molar-refractivity contribution in [3.05, 3.63) is 70.0 Å². The second kappa shape index (κ2) is 9.29. The highest BCUT2D eigenvalue weighted by molar-refractivity contribution is 5.96. The highest BCUT2D eigenvalue weighted by Gasteiger charge is 2.25. The molecule has 0 unspecified atom stereocenters. The molecule has 3 aromatic rings. The standard InChI is InChI=1S/C27H30N4O2/c1-29-25-18-22(30-14-16-33-17-15-30)9-10-23(25)26(24(19-28)27(29)32)31-12-5-8-21(11-13-31)20-6-3-2-4-7-20/h2-4,6-7,9-10,18,21H,5,8,11-17H2,1H3/t21-/m1/s1. The van der Waals surface area contributed by atoms with E-state index < -0.39 is 0 Å². The zero-order chi connectivity index (χ0) is 22.8. The number of nitriles is 1. The summed E-state index contributed by atoms with van der Waals surface area (Å²) in [5.74, 6) is 0.507. The summed E-state index contributed by atoms with van der Waals surface area (Å²) in [6, 6.07) is 19.2. The van der Waals surface area contributed by atoms with Gasteiger partial charge in [-0.3, -0.25) is 4.79 Å². The van der Waals surface area contributed by atoms with Gasteiger partial charge in [-0.2, -0.15) is 5.26 Å². The largest absolute Gasteiger partial charge is 0.378 e. The minimum absolute atomic E-state index is 0.219. The number of rotatable bonds is 3. The summed E-state index contributed by atoms with van der Waals surface area (Å²) in [4.78, 5) is 17.8. The molecular formula is C27H30N4O2. The molecule has 0 bridgehead atoms. The Hall–Kier alpha value is -3.30. The van der Waals surface area contributed by atoms with Crippen LogP contribution in [0.1, 0.15) is 36.3 Å². The number of morpholine rings is 1. The first-order chi connectivity index (χ1) is 16.2. The molecule has 6 nitrogen and oxygen atoms in total. The SMILES string of the molecule is Cn1c(=O)c(C#N)c(N2CCC[C@@H](c3ccccc3)CC2)c2ccc(N3CCOCC3)cc21. The molecule has 170 valence electrons. The Kier molecular flexibility index (Phi) is 6.06. The number of anilines is 2. The van der Waals surface area contributed by atoms with Crippen molar-refractivity contribution >= 4 is 22.3 Å². The minimum atomic E-state index is -0.219. The van der Waals surface area contributed by atoms with E-state index in [0.717, 1.165) is 67.7 Å². The van der Waals surface area contributed by atoms with Crippen LogP contribution in [0, 0.1) is 11.3 Å². The van der Waals surface area contributed by atoms with E-state index >= 15 is 0 Å². The number of hydrogen-bond donors (Lipinski definition) is 0. The second-order valence-corrected chi connectivity index (χ2v) is 9.03. The monoisotopic (exact) mass is 442 g/mol. The van der Waals surface area contributed by atoms with Gasteiger partial charge in [0.2, 0.25) is 0 Å². The van der Waals surface area contributed by atoms with E-state index in [2.05, 4.69) is 64.4 Å². The third kappa shape index (κ3) is 4.09. The van der Waals surface area contributed by atoms with E-state index in [9.17, 15) is 10.1 Å². The predicted octanol–water partition coefficient (Wildman–Crippen LogP) is 4.02. The van der Waals surface area contributed by atoms with Crippen molar-refractivity contribution in [2.45, 2.75) is 25.2 Å². The Morgan fingerprint density at radius 3 is 2.52 bits per heavy atom. The molecule has 2 saturated heterocycles. The van der Waals surface area contributed by atoms with Gasteiger partial charge >= 0.3 is 0 Å². The Balaban J connectivity index is 1.54. The lowest BCUT2D eigenvalue weighted by Gasteiger charge is -2.30. The lowest BCUT2D eigenvalue weighted by Crippen LogP contribution is -2.36. The number of benzene rings is 2. The van der Waals surface area contributed by atoms with Gasteiger partial charge in [0, 0.05) is 44.3 Å². The first-order valence-electron chi connectivity index (χ1n) is 11.9. The van der Waals surface area contributed by atoms with Gasteiger partial charge in [-0.15, -0.1) is 0 Å². The second-order valence-electron chi connectivity index (χ2n) is 9.03. The van der Waals surface area contributed by atoms with Crippen molar-refractivity contribution in [2.24, 2.45) is 7.05 Å². The van der Waals surface area contributed by atoms with Crippen molar-refractivity contribution in [1.82, 2.24) is 4.57 Å². The molecular weight excluding hydrogens is 412 g/mol. The van der Waals surface area contributed by atoms with Crippen LogP contribution in [0.5, 0.6) is 0 Å². The van der Waals surface area contributed by atoms with Gasteiger partial charge in [0.05, 0.1) is 24.4 Å². The fraction of sp³-hybridized carbons (Fsp3) is 0.407. The molecule has 2 fully saturated rings. The molecule has 1 aromatic heterocycles. The lowest BCUT2D eigenvalue weighted by atomic mass is 9.92. The zero-order valence-electron chi connectivity index (χ0n) is 19.2. The van der Waals surface area contributed by atoms with E-state index in [4.69, 9.17) is 4.74 Å². The molecule has 6 heteroatoms. The number of aromatic nitrogens is 1. The molecule has 3 heterocycles. The third-order valence-corrected chi connectivity index (χ3v) is 7.16. The summed E-state index contributed by atoms with van der Waals surface area (Å²) in [5.41, 5.74) is 4.19. The predicted molar refractivity (Wildman–Crippen MR) is 132 cm³/mol. The fourth-order valence-corrected chi connectivity index (χ4v) is 5.34. The van der Waals surface area contributed by atoms with Gasteiger partial charge in [0.1, 0.15) is 11.6 Å². The van der Waals surface area contributed by atoms with Crippen LogP contribution in [0.2, 0.25) is 0 Å². The van der Waals surface area contributed by atoms with E-state index in [1.165, 1.54) is 5.56 Å². The molecule has 33 heavy (non-hydrogen) atoms. The maximum absolute atomic E-state index is 13.2. The van der Waals surface area contributed by atoms with Crippen LogP contribution in [0.4, 0.5) is 11.4 Å². The Morgan fingerprint density at radius 2 is 1.76 bits per heavy atom. The van der Waals surface area contributed by atoms with Crippen molar-refractivity contribution in [3.63, 3.8) is 0 Å². The highest BCUT2D eigenvalue weighted by atomic mass is 16.5. The molecule has 0 radical (unpaired) electrons. The van der Waals surface area contributed by atoms with Gasteiger partial charge in [-0.05, 0) is 48.9 Å². The summed E-state index contributed by atoms with van der Waals surface area (Å²) in [7, 11) is 1.77. The average Bonchev–Trinajstić information content (AvgIpc) is 3.13. The number of nitrogens with zero attached hydrogens (tertiary/aromatic N) is 4. The van der Waals surface area contributed by atoms with Gasteiger partial charge < -0.3 is 19.1 Å². The van der Waals surface area contributed by atoms with Gasteiger partial charge in [0.25, 0.3) is 5.56 Å². The molecule has 0 amide bonds. The van der Waals surface area contributed by atoms with Crippen LogP contribution in [-0.4, -0.2) is 44.0 Å². The van der Waals surface area contributed by atoms with E-state index in [1.54, 1.807) is 11.6 Å². The molecule has 2 aliphatic rings. The molecule has 0 spiro atoms. The summed E-state index contributed by atoms with van der Waals surface area (Å²) in [6.07, 6.45) is 3.16. The zero-order valence-corrected chi connectivity index (χ0v) is 19.2. The minimum Gasteiger partial charge on any atom is -0.378 e. The molecule has 1 atom stereocenters. The van der Waals surface area contributed by atoms with Gasteiger partial charge in [-0.1, -0.05) is 30.3 Å². The van der Waals surface area contributed by atoms with Crippen LogP contribution < -0.4 is 15.4 Å². The summed E-state index contributed by atoms with van der Waals surface area (Å²) in [6.45, 7) is 4.80. The highest BCUT2D eigenvalue weighted by Crippen LogP contribution is 2.35. The Morgan fingerprint density at radius 1 is 0.970 bits per heavy atom. The Bertz CT molecular complexity index is 1240. The molecule has 0 aliphatic carbocycles. The molecule has 2 aliphatic heterocycles. The van der Waals surface area contributed by atoms with E-state index in [1.807, 2.05) is 0 Å². The number of hydrogen-bond acceptors (Lipinski definition) is 5. The van der Waals surface area contributed by atoms with Crippen LogP contribution in [-0.2, 0) is 11.8 Å². The lowest BCUT2D eigenvalue weighted by molar-refractivity contribution is 0.122. The average molecular weight is 443 g/mol. The van der Waals surface area contributed by atoms with E-state index in [-0.39, 0.29) is 11.1 Å². The first-order valence-corrected chi connectivity index (χ1v) is 11.9. The van der Waals surface area contributed by atoms with Gasteiger partial charge in [-0.25, -0.2) is 0 Å². The normalized spacial score (nSPS) is 19.3. The van der Waals surface area contributed by atoms with Crippen LogP contribution >= 0.6 is 0 Å². The molecule has 0 saturated carbocycles. The smallest absolute Gasteiger partial charge is 0.270 e. The molecule has 0 N–H and O–H groups in total. The Labute approximate surface area is 194 Å². The first kappa shape index (κ1) is 21.5. The van der Waals surface area contributed by atoms with Crippen molar-refractivity contribution in [3.8, 4) is 6.07 Å². The van der Waals surface area contributed by atoms with Crippen molar-refractivity contribution in [2.75, 3.05) is 49.2 Å². The number of fused-ring (bicyclic) bond motifs is 1. The topological polar surface area (TPSA) is 61.5 Å². The quantitative estimate of drug-likeness (QED) is 0.613. The van der Waals surface area contributed by atoms with Crippen LogP contribution in [0.25, 0.3) is 10.9 Å². The number of ether oxygens (including phenoxy) is 1. The van der Waals surface area contributed by atoms with Crippen LogP contribution in [0.15, 0.2) is 53.3 Å². The molecule has 2 aromatic carbocycles. The maximum Gasteiger partial charge on any atom is 0.270 e. The number of aryl methyl sites for hydroxylation is 1. The fourth-order valence-electron chi connectivity index (χ4n) is 5.34. The summed E-state index contributed by atoms with van der Waals surface area (Å²) in [5, 5.41) is 10.9. The summed E-state index contributed by atoms with van der Waals surface area (Å²) < 4.78 is 7.12. The number of pyridine rings is 1. The van der Waals surface area contributed by atoms with E-state index in [0.29, 0.717) is 19.1 Å². The third-order valence-electron chi connectivity index (χ3n) is 7.16. The molecule has 5 rings (SSSR count). The van der Waals surface area contributed by atoms with Gasteiger partial charge in [0.15, 0.2) is 0 Å². The maximum atomic E-state index is 13.2. The van der Waals surface area contributed by atoms with Crippen molar-refractivity contribution in [1.29, 1.82) is 5.26 Å². The summed E-state index contributed by atoms with van der Waals surface area (Å²) >= 11 is 0. The van der Waals surface area contributed by atoms with Crippen molar-refractivity contribution < 1.29 is 4.74 Å². The van der Waals surface area contributed by atoms with Crippen LogP contribution in [0.3, 0.4) is 0 Å².